The average molecular weight is 325 g/mol. The Morgan fingerprint density at radius 3 is 2.60 bits per heavy atom. The van der Waals surface area contributed by atoms with Crippen molar-refractivity contribution in [2.45, 2.75) is 6.92 Å². The van der Waals surface area contributed by atoms with E-state index in [1.54, 1.807) is 28.9 Å². The van der Waals surface area contributed by atoms with Gasteiger partial charge in [0.25, 0.3) is 0 Å². The van der Waals surface area contributed by atoms with E-state index >= 15 is 0 Å². The predicted molar refractivity (Wildman–Crippen MR) is 90.6 cm³/mol. The lowest BCUT2D eigenvalue weighted by Gasteiger charge is -2.08. The average Bonchev–Trinajstić information content (AvgIpc) is 3.02. The van der Waals surface area contributed by atoms with E-state index in [-0.39, 0.29) is 11.3 Å². The maximum Gasteiger partial charge on any atom is 0.163 e. The maximum absolute atomic E-state index is 9.16. The largest absolute Gasteiger partial charge is 0.345 e. The Morgan fingerprint density at radius 2 is 1.88 bits per heavy atom. The first-order valence-electron chi connectivity index (χ1n) is 7.29. The highest BCUT2D eigenvalue weighted by Crippen LogP contribution is 2.24. The molecule has 0 saturated heterocycles. The molecule has 7 nitrogen and oxygen atoms in total. The van der Waals surface area contributed by atoms with Crippen LogP contribution < -0.4 is 5.32 Å². The molecule has 0 aliphatic carbocycles. The fourth-order valence-electron chi connectivity index (χ4n) is 2.41. The number of allylic oxidation sites excluding steroid dienone is 2. The molecule has 3 rings (SSSR count). The summed E-state index contributed by atoms with van der Waals surface area (Å²) in [5.74, 6) is 0. The number of hydrogen-bond donors (Lipinski definition) is 1. The summed E-state index contributed by atoms with van der Waals surface area (Å²) in [6, 6.07) is 16.3. The molecule has 2 aromatic heterocycles. The van der Waals surface area contributed by atoms with Crippen molar-refractivity contribution in [1.82, 2.24) is 14.6 Å². The van der Waals surface area contributed by atoms with Gasteiger partial charge in [-0.05, 0) is 25.1 Å². The number of rotatable bonds is 3. The van der Waals surface area contributed by atoms with Crippen molar-refractivity contribution in [2.75, 3.05) is 5.32 Å². The third-order valence-corrected chi connectivity index (χ3v) is 3.49. The Balaban J connectivity index is 2.06. The summed E-state index contributed by atoms with van der Waals surface area (Å²) >= 11 is 0. The van der Waals surface area contributed by atoms with Gasteiger partial charge in [0, 0.05) is 23.5 Å². The minimum atomic E-state index is -0.262. The van der Waals surface area contributed by atoms with Crippen LogP contribution in [0.5, 0.6) is 0 Å². The summed E-state index contributed by atoms with van der Waals surface area (Å²) < 4.78 is 1.74. The van der Waals surface area contributed by atoms with E-state index in [0.29, 0.717) is 5.69 Å². The fourth-order valence-corrected chi connectivity index (χ4v) is 2.41. The van der Waals surface area contributed by atoms with Crippen LogP contribution in [0.25, 0.3) is 16.9 Å². The summed E-state index contributed by atoms with van der Waals surface area (Å²) in [5.41, 5.74) is 3.53. The number of anilines is 1. The van der Waals surface area contributed by atoms with Gasteiger partial charge in [0.05, 0.1) is 11.4 Å². The molecule has 0 amide bonds. The van der Waals surface area contributed by atoms with Crippen LogP contribution in [0.15, 0.2) is 53.9 Å². The van der Waals surface area contributed by atoms with Crippen molar-refractivity contribution in [3.8, 4) is 29.5 Å². The van der Waals surface area contributed by atoms with Gasteiger partial charge >= 0.3 is 0 Å². The minimum Gasteiger partial charge on any atom is -0.345 e. The van der Waals surface area contributed by atoms with Gasteiger partial charge in [0.2, 0.25) is 0 Å². The van der Waals surface area contributed by atoms with Crippen LogP contribution in [0.1, 0.15) is 5.69 Å². The van der Waals surface area contributed by atoms with Crippen LogP contribution in [-0.2, 0) is 0 Å². The highest BCUT2D eigenvalue weighted by atomic mass is 15.3. The van der Waals surface area contributed by atoms with Gasteiger partial charge in [0.15, 0.2) is 11.2 Å². The highest BCUT2D eigenvalue weighted by molar-refractivity contribution is 5.69. The summed E-state index contributed by atoms with van der Waals surface area (Å²) in [6.07, 6.45) is 1.70. The molecule has 7 heteroatoms. The van der Waals surface area contributed by atoms with Crippen LogP contribution in [0.3, 0.4) is 0 Å². The van der Waals surface area contributed by atoms with E-state index in [9.17, 15) is 0 Å². The number of nitrogens with one attached hydrogen (secondary N) is 1. The topological polar surface area (TPSA) is 114 Å². The van der Waals surface area contributed by atoms with Crippen LogP contribution in [-0.4, -0.2) is 14.6 Å². The molecule has 1 aromatic carbocycles. The highest BCUT2D eigenvalue weighted by Gasteiger charge is 2.09. The zero-order chi connectivity index (χ0) is 17.8. The Labute approximate surface area is 143 Å². The lowest BCUT2D eigenvalue weighted by Crippen LogP contribution is -2.01. The molecule has 0 atom stereocenters. The van der Waals surface area contributed by atoms with E-state index in [1.807, 2.05) is 43.3 Å². The van der Waals surface area contributed by atoms with Crippen molar-refractivity contribution in [3.63, 3.8) is 0 Å². The smallest absolute Gasteiger partial charge is 0.163 e. The van der Waals surface area contributed by atoms with Gasteiger partial charge in [-0.25, -0.2) is 9.50 Å². The standard InChI is InChI=1S/C18H11N7/c1-12-7-18-22-6-5-17(25(18)24-12)13-3-2-4-15(8-13)23-16(11-21)14(9-19)10-20/h2-8,23H,1H3. The van der Waals surface area contributed by atoms with E-state index in [4.69, 9.17) is 15.8 Å². The molecule has 0 aliphatic heterocycles. The van der Waals surface area contributed by atoms with Gasteiger partial charge in [-0.3, -0.25) is 0 Å². The third-order valence-electron chi connectivity index (χ3n) is 3.49. The molecule has 0 fully saturated rings. The molecule has 0 radical (unpaired) electrons. The second-order valence-corrected chi connectivity index (χ2v) is 5.18. The van der Waals surface area contributed by atoms with Crippen LogP contribution in [0, 0.1) is 40.9 Å². The van der Waals surface area contributed by atoms with Crippen molar-refractivity contribution in [2.24, 2.45) is 0 Å². The number of nitrogens with zero attached hydrogens (tertiary/aromatic N) is 6. The molecule has 1 N–H and O–H groups in total. The molecule has 3 aromatic rings. The zero-order valence-electron chi connectivity index (χ0n) is 13.2. The second kappa shape index (κ2) is 6.54. The van der Waals surface area contributed by atoms with Gasteiger partial charge in [-0.15, -0.1) is 0 Å². The molecule has 25 heavy (non-hydrogen) atoms. The Kier molecular flexibility index (Phi) is 4.11. The predicted octanol–water partition coefficient (Wildman–Crippen LogP) is 2.94. The van der Waals surface area contributed by atoms with Gasteiger partial charge in [0.1, 0.15) is 23.9 Å². The monoisotopic (exact) mass is 325 g/mol. The van der Waals surface area contributed by atoms with E-state index < -0.39 is 0 Å². The number of aromatic nitrogens is 3. The van der Waals surface area contributed by atoms with E-state index in [0.717, 1.165) is 22.6 Å². The summed E-state index contributed by atoms with van der Waals surface area (Å²) in [4.78, 5) is 4.28. The molecule has 0 unspecified atom stereocenters. The minimum absolute atomic E-state index is 0.0861. The molecule has 118 valence electrons. The first-order valence-corrected chi connectivity index (χ1v) is 7.29. The lowest BCUT2D eigenvalue weighted by molar-refractivity contribution is 0.925. The fraction of sp³-hybridized carbons (Fsp3) is 0.0556. The SMILES string of the molecule is Cc1cc2nccc(-c3cccc(NC(C#N)=C(C#N)C#N)c3)n2n1. The van der Waals surface area contributed by atoms with E-state index in [2.05, 4.69) is 15.4 Å². The summed E-state index contributed by atoms with van der Waals surface area (Å²) in [6.45, 7) is 1.89. The number of benzene rings is 1. The quantitative estimate of drug-likeness (QED) is 0.741. The van der Waals surface area contributed by atoms with Crippen molar-refractivity contribution >= 4 is 11.3 Å². The summed E-state index contributed by atoms with van der Waals surface area (Å²) in [7, 11) is 0. The van der Waals surface area contributed by atoms with Crippen molar-refractivity contribution in [3.05, 3.63) is 59.6 Å². The van der Waals surface area contributed by atoms with Gasteiger partial charge in [-0.2, -0.15) is 20.9 Å². The van der Waals surface area contributed by atoms with Crippen molar-refractivity contribution in [1.29, 1.82) is 15.8 Å². The lowest BCUT2D eigenvalue weighted by atomic mass is 10.1. The molecular weight excluding hydrogens is 314 g/mol. The Bertz CT molecular complexity index is 1100. The Morgan fingerprint density at radius 1 is 1.08 bits per heavy atom. The number of aryl methyl sites for hydroxylation is 1. The number of fused-ring (bicyclic) bond motifs is 1. The Hall–Kier alpha value is -4.15. The first-order chi connectivity index (χ1) is 12.2. The molecule has 0 spiro atoms. The third kappa shape index (κ3) is 3.01. The molecule has 0 bridgehead atoms. The maximum atomic E-state index is 9.16. The first kappa shape index (κ1) is 15.7. The number of nitriles is 3. The normalized spacial score (nSPS) is 9.68. The summed E-state index contributed by atoms with van der Waals surface area (Å²) in [5, 5.41) is 34.3. The zero-order valence-corrected chi connectivity index (χ0v) is 13.2. The molecular formula is C18H11N7. The van der Waals surface area contributed by atoms with E-state index in [1.165, 1.54) is 0 Å². The molecule has 0 aliphatic rings. The van der Waals surface area contributed by atoms with Gasteiger partial charge in [-0.1, -0.05) is 12.1 Å². The van der Waals surface area contributed by atoms with Crippen LogP contribution >= 0.6 is 0 Å². The van der Waals surface area contributed by atoms with Gasteiger partial charge < -0.3 is 5.32 Å². The molecule has 0 saturated carbocycles. The van der Waals surface area contributed by atoms with Crippen molar-refractivity contribution < 1.29 is 0 Å². The molecule has 2 heterocycles. The number of hydrogen-bond acceptors (Lipinski definition) is 6. The van der Waals surface area contributed by atoms with Crippen LogP contribution in [0.2, 0.25) is 0 Å². The second-order valence-electron chi connectivity index (χ2n) is 5.18. The van der Waals surface area contributed by atoms with Crippen LogP contribution in [0.4, 0.5) is 5.69 Å².